The average Bonchev–Trinajstić information content (AvgIpc) is 3.33. The molecule has 0 amide bonds. The third-order valence-corrected chi connectivity index (χ3v) is 7.66. The first-order valence-corrected chi connectivity index (χ1v) is 12.1. The molecule has 0 spiro atoms. The summed E-state index contributed by atoms with van der Waals surface area (Å²) in [4.78, 5) is 2.51. The highest BCUT2D eigenvalue weighted by Gasteiger charge is 2.43. The molecule has 3 heterocycles. The second kappa shape index (κ2) is 9.59. The van der Waals surface area contributed by atoms with Crippen LogP contribution < -0.4 is 5.32 Å². The molecule has 1 N–H and O–H groups in total. The Morgan fingerprint density at radius 1 is 1.06 bits per heavy atom. The molecule has 0 radical (unpaired) electrons. The number of nitrogens with zero attached hydrogens (tertiary/aromatic N) is 3. The Balaban J connectivity index is 1.26. The van der Waals surface area contributed by atoms with Crippen molar-refractivity contribution < 1.29 is 22.3 Å². The Hall–Kier alpha value is -1.97. The number of fused-ring (bicyclic) bond motifs is 1. The maximum atomic E-state index is 13.9. The van der Waals surface area contributed by atoms with Crippen LogP contribution >= 0.6 is 11.6 Å². The second-order valence-electron chi connectivity index (χ2n) is 9.72. The largest absolute Gasteiger partial charge is 0.420 e. The van der Waals surface area contributed by atoms with Crippen LogP contribution in [0, 0.1) is 23.6 Å². The van der Waals surface area contributed by atoms with Crippen LogP contribution in [0.2, 0.25) is 5.02 Å². The van der Waals surface area contributed by atoms with Gasteiger partial charge >= 0.3 is 6.18 Å². The maximum Gasteiger partial charge on any atom is 0.420 e. The highest BCUT2D eigenvalue weighted by molar-refractivity contribution is 6.33. The Morgan fingerprint density at radius 3 is 2.44 bits per heavy atom. The van der Waals surface area contributed by atoms with Gasteiger partial charge in [0.15, 0.2) is 5.82 Å². The van der Waals surface area contributed by atoms with Crippen LogP contribution in [0.15, 0.2) is 24.3 Å². The first kappa shape index (κ1) is 23.8. The van der Waals surface area contributed by atoms with Gasteiger partial charge < -0.3 is 15.0 Å². The number of halogens is 5. The van der Waals surface area contributed by atoms with Crippen molar-refractivity contribution in [3.8, 4) is 11.3 Å². The fourth-order valence-electron chi connectivity index (χ4n) is 5.69. The molecule has 5 rings (SSSR count). The van der Waals surface area contributed by atoms with Crippen molar-refractivity contribution >= 4 is 17.4 Å². The maximum absolute atomic E-state index is 13.9. The summed E-state index contributed by atoms with van der Waals surface area (Å²) in [5, 5.41) is 10.9. The monoisotopic (exact) mass is 498 g/mol. The number of aromatic nitrogens is 2. The predicted octanol–water partition coefficient (Wildman–Crippen LogP) is 5.50. The van der Waals surface area contributed by atoms with Gasteiger partial charge in [-0.3, -0.25) is 0 Å². The summed E-state index contributed by atoms with van der Waals surface area (Å²) in [6.07, 6.45) is -0.809. The molecule has 10 heteroatoms. The number of alkyl halides is 3. The molecule has 1 aromatic carbocycles. The molecular weight excluding hydrogens is 472 g/mol. The van der Waals surface area contributed by atoms with E-state index in [2.05, 4.69) is 20.4 Å². The van der Waals surface area contributed by atoms with E-state index in [0.29, 0.717) is 17.8 Å². The molecule has 2 aromatic rings. The zero-order valence-electron chi connectivity index (χ0n) is 18.6. The topological polar surface area (TPSA) is 50.3 Å². The molecule has 2 saturated heterocycles. The summed E-state index contributed by atoms with van der Waals surface area (Å²) in [7, 11) is 0. The summed E-state index contributed by atoms with van der Waals surface area (Å²) < 4.78 is 60.7. The molecule has 5 nitrogen and oxygen atoms in total. The predicted molar refractivity (Wildman–Crippen MR) is 121 cm³/mol. The Kier molecular flexibility index (Phi) is 6.70. The van der Waals surface area contributed by atoms with Gasteiger partial charge in [0.2, 0.25) is 0 Å². The Bertz CT molecular complexity index is 1020. The number of benzene rings is 1. The van der Waals surface area contributed by atoms with E-state index in [1.807, 2.05) is 0 Å². The van der Waals surface area contributed by atoms with Crippen molar-refractivity contribution in [3.63, 3.8) is 0 Å². The standard InChI is InChI=1S/C24H27ClF4N4O/c25-21-2-1-17(26)9-19(21)22-10-20(24(27,28)29)23(32-31-22)30-18-7-15-12-33(13-16(15)8-18)11-14-3-5-34-6-4-14/h1-2,9-10,14-16,18H,3-8,11-13H2,(H,30,32). The van der Waals surface area contributed by atoms with Crippen LogP contribution in [0.5, 0.6) is 0 Å². The van der Waals surface area contributed by atoms with Crippen LogP contribution in [0.4, 0.5) is 23.4 Å². The van der Waals surface area contributed by atoms with Gasteiger partial charge in [0, 0.05) is 44.5 Å². The van der Waals surface area contributed by atoms with Gasteiger partial charge in [0.25, 0.3) is 0 Å². The molecule has 2 aliphatic heterocycles. The molecule has 2 unspecified atom stereocenters. The van der Waals surface area contributed by atoms with Crippen molar-refractivity contribution in [1.82, 2.24) is 15.1 Å². The third-order valence-electron chi connectivity index (χ3n) is 7.33. The summed E-state index contributed by atoms with van der Waals surface area (Å²) in [5.41, 5.74) is -0.961. The van der Waals surface area contributed by atoms with E-state index < -0.39 is 17.6 Å². The van der Waals surface area contributed by atoms with Crippen LogP contribution in [-0.2, 0) is 10.9 Å². The summed E-state index contributed by atoms with van der Waals surface area (Å²) in [6.45, 7) is 4.75. The summed E-state index contributed by atoms with van der Waals surface area (Å²) >= 11 is 6.06. The lowest BCUT2D eigenvalue weighted by Gasteiger charge is -2.28. The smallest absolute Gasteiger partial charge is 0.381 e. The number of ether oxygens (including phenoxy) is 1. The SMILES string of the molecule is Fc1ccc(Cl)c(-c2cc(C(F)(F)F)c(NC3CC4CN(CC5CCOCC5)CC4C3)nn2)c1. The highest BCUT2D eigenvalue weighted by atomic mass is 35.5. The van der Waals surface area contributed by atoms with E-state index >= 15 is 0 Å². The third kappa shape index (κ3) is 5.16. The average molecular weight is 499 g/mol. The first-order valence-electron chi connectivity index (χ1n) is 11.7. The summed E-state index contributed by atoms with van der Waals surface area (Å²) in [5.74, 6) is 0.736. The second-order valence-corrected chi connectivity index (χ2v) is 10.1. The number of nitrogens with one attached hydrogen (secondary N) is 1. The molecule has 184 valence electrons. The van der Waals surface area contributed by atoms with Gasteiger partial charge in [0.05, 0.1) is 10.7 Å². The van der Waals surface area contributed by atoms with E-state index in [1.54, 1.807) is 0 Å². The number of likely N-dealkylation sites (tertiary alicyclic amines) is 1. The molecule has 1 aromatic heterocycles. The van der Waals surface area contributed by atoms with Crippen LogP contribution in [0.1, 0.15) is 31.2 Å². The zero-order chi connectivity index (χ0) is 23.9. The highest BCUT2D eigenvalue weighted by Crippen LogP contribution is 2.42. The van der Waals surface area contributed by atoms with E-state index in [1.165, 1.54) is 6.07 Å². The lowest BCUT2D eigenvalue weighted by molar-refractivity contribution is -0.137. The number of hydrogen-bond donors (Lipinski definition) is 1. The van der Waals surface area contributed by atoms with E-state index in [4.69, 9.17) is 16.3 Å². The lowest BCUT2D eigenvalue weighted by Crippen LogP contribution is -2.32. The molecular formula is C24H27ClF4N4O. The van der Waals surface area contributed by atoms with Gasteiger partial charge in [-0.25, -0.2) is 4.39 Å². The van der Waals surface area contributed by atoms with Gasteiger partial charge in [-0.15, -0.1) is 10.2 Å². The van der Waals surface area contributed by atoms with Gasteiger partial charge in [-0.05, 0) is 67.7 Å². The van der Waals surface area contributed by atoms with Crippen LogP contribution in [0.3, 0.4) is 0 Å². The quantitative estimate of drug-likeness (QED) is 0.551. The summed E-state index contributed by atoms with van der Waals surface area (Å²) in [6, 6.07) is 4.29. The zero-order valence-corrected chi connectivity index (χ0v) is 19.4. The minimum Gasteiger partial charge on any atom is -0.381 e. The molecule has 3 aliphatic rings. The van der Waals surface area contributed by atoms with E-state index in [9.17, 15) is 17.6 Å². The number of anilines is 1. The lowest BCUT2D eigenvalue weighted by atomic mass is 10.00. The Morgan fingerprint density at radius 2 is 1.76 bits per heavy atom. The normalized spacial score (nSPS) is 26.1. The van der Waals surface area contributed by atoms with Gasteiger partial charge in [-0.2, -0.15) is 13.2 Å². The number of rotatable bonds is 5. The minimum absolute atomic E-state index is 0.0752. The molecule has 1 aliphatic carbocycles. The van der Waals surface area contributed by atoms with Crippen molar-refractivity contribution in [3.05, 3.63) is 40.7 Å². The molecule has 2 atom stereocenters. The van der Waals surface area contributed by atoms with E-state index in [0.717, 1.165) is 76.7 Å². The van der Waals surface area contributed by atoms with E-state index in [-0.39, 0.29) is 28.1 Å². The van der Waals surface area contributed by atoms with Crippen molar-refractivity contribution in [2.24, 2.45) is 17.8 Å². The molecule has 34 heavy (non-hydrogen) atoms. The molecule has 0 bridgehead atoms. The fourth-order valence-corrected chi connectivity index (χ4v) is 5.91. The Labute approximate surface area is 200 Å². The molecule has 1 saturated carbocycles. The van der Waals surface area contributed by atoms with Gasteiger partial charge in [-0.1, -0.05) is 11.6 Å². The minimum atomic E-state index is -4.64. The van der Waals surface area contributed by atoms with Crippen LogP contribution in [-0.4, -0.2) is 54.0 Å². The fraction of sp³-hybridized carbons (Fsp3) is 0.583. The van der Waals surface area contributed by atoms with Gasteiger partial charge in [0.1, 0.15) is 11.4 Å². The van der Waals surface area contributed by atoms with Crippen molar-refractivity contribution in [2.75, 3.05) is 38.2 Å². The van der Waals surface area contributed by atoms with Crippen LogP contribution in [0.25, 0.3) is 11.3 Å². The van der Waals surface area contributed by atoms with Crippen molar-refractivity contribution in [1.29, 1.82) is 0 Å². The first-order chi connectivity index (χ1) is 16.3. The van der Waals surface area contributed by atoms with Crippen molar-refractivity contribution in [2.45, 2.75) is 37.9 Å². The number of hydrogen-bond acceptors (Lipinski definition) is 5. The molecule has 3 fully saturated rings.